The van der Waals surface area contributed by atoms with Gasteiger partial charge < -0.3 is 14.6 Å². The van der Waals surface area contributed by atoms with Crippen molar-refractivity contribution in [3.8, 4) is 0 Å². The van der Waals surface area contributed by atoms with Crippen molar-refractivity contribution < 1.29 is 19.4 Å². The Balaban J connectivity index is 3.08. The number of carboxylic acids is 1. The fraction of sp³-hybridized carbons (Fsp3) is 0.111. The molecule has 1 heterocycles. The van der Waals surface area contributed by atoms with Crippen LogP contribution in [0.15, 0.2) is 27.4 Å². The molecule has 5 nitrogen and oxygen atoms in total. The van der Waals surface area contributed by atoms with Crippen molar-refractivity contribution in [2.45, 2.75) is 0 Å². The summed E-state index contributed by atoms with van der Waals surface area (Å²) in [5.41, 5.74) is -0.543. The lowest BCUT2D eigenvalue weighted by molar-refractivity contribution is 0.0657. The molecule has 1 rings (SSSR count). The van der Waals surface area contributed by atoms with E-state index in [1.54, 1.807) is 0 Å². The van der Waals surface area contributed by atoms with E-state index in [2.05, 4.69) is 4.42 Å². The number of carbonyl (C=O) groups is 1. The summed E-state index contributed by atoms with van der Waals surface area (Å²) in [7, 11) is 0. The van der Waals surface area contributed by atoms with Crippen molar-refractivity contribution in [2.24, 2.45) is 0 Å². The molecule has 0 aliphatic heterocycles. The maximum absolute atomic E-state index is 11.1. The minimum atomic E-state index is -1.29. The molecule has 0 saturated heterocycles. The normalized spacial score (nSPS) is 10.6. The summed E-state index contributed by atoms with van der Waals surface area (Å²) in [5, 5.41) is 16.9. The highest BCUT2D eigenvalue weighted by Gasteiger charge is 2.07. The van der Waals surface area contributed by atoms with Crippen LogP contribution < -0.4 is 5.63 Å². The molecule has 0 saturated carbocycles. The minimum Gasteiger partial charge on any atom is -0.475 e. The van der Waals surface area contributed by atoms with E-state index in [1.165, 1.54) is 24.3 Å². The second kappa shape index (κ2) is 4.38. The molecule has 0 aliphatic rings. The molecule has 0 aromatic carbocycles. The Bertz CT molecular complexity index is 415. The van der Waals surface area contributed by atoms with Gasteiger partial charge in [0, 0.05) is 0 Å². The molecule has 74 valence electrons. The van der Waals surface area contributed by atoms with Crippen LogP contribution in [0, 0.1) is 0 Å². The smallest absolute Gasteiger partial charge is 0.371 e. The Hall–Kier alpha value is -1.88. The second-order valence-corrected chi connectivity index (χ2v) is 2.43. The molecule has 1 aromatic heterocycles. The number of rotatable bonds is 3. The zero-order chi connectivity index (χ0) is 10.6. The minimum absolute atomic E-state index is 0.194. The van der Waals surface area contributed by atoms with E-state index in [-0.39, 0.29) is 12.2 Å². The number of carboxylic acid groups (broad SMARTS) is 1. The third-order valence-corrected chi connectivity index (χ3v) is 1.47. The Kier molecular flexibility index (Phi) is 3.19. The van der Waals surface area contributed by atoms with Crippen molar-refractivity contribution in [1.82, 2.24) is 0 Å². The maximum atomic E-state index is 11.1. The highest BCUT2D eigenvalue weighted by Crippen LogP contribution is 2.00. The van der Waals surface area contributed by atoms with Gasteiger partial charge in [0.15, 0.2) is 0 Å². The van der Waals surface area contributed by atoms with E-state index in [0.29, 0.717) is 0 Å². The first-order chi connectivity index (χ1) is 6.65. The highest BCUT2D eigenvalue weighted by atomic mass is 16.4. The number of aliphatic hydroxyl groups excluding tert-OH is 1. The number of hydrogen-bond acceptors (Lipinski definition) is 4. The molecule has 5 heteroatoms. The lowest BCUT2D eigenvalue weighted by Gasteiger charge is -1.93. The van der Waals surface area contributed by atoms with Crippen molar-refractivity contribution in [3.05, 3.63) is 40.0 Å². The topological polar surface area (TPSA) is 87.7 Å². The SMILES string of the molecule is O=C(O)c1ccc(/C=C/CO)c(=O)o1. The molecule has 0 atom stereocenters. The van der Waals surface area contributed by atoms with Crippen LogP contribution in [-0.4, -0.2) is 22.8 Å². The van der Waals surface area contributed by atoms with Gasteiger partial charge in [-0.1, -0.05) is 6.08 Å². The first-order valence-electron chi connectivity index (χ1n) is 3.80. The van der Waals surface area contributed by atoms with Crippen molar-refractivity contribution in [1.29, 1.82) is 0 Å². The van der Waals surface area contributed by atoms with Crippen LogP contribution in [0.4, 0.5) is 0 Å². The molecule has 0 bridgehead atoms. The third-order valence-electron chi connectivity index (χ3n) is 1.47. The van der Waals surface area contributed by atoms with Crippen LogP contribution in [-0.2, 0) is 0 Å². The van der Waals surface area contributed by atoms with Crippen LogP contribution in [0.25, 0.3) is 6.08 Å². The first-order valence-corrected chi connectivity index (χ1v) is 3.80. The van der Waals surface area contributed by atoms with E-state index in [9.17, 15) is 9.59 Å². The summed E-state index contributed by atoms with van der Waals surface area (Å²) in [4.78, 5) is 21.5. The Morgan fingerprint density at radius 3 is 2.71 bits per heavy atom. The largest absolute Gasteiger partial charge is 0.475 e. The summed E-state index contributed by atoms with van der Waals surface area (Å²) in [5.74, 6) is -1.70. The molecular weight excluding hydrogens is 188 g/mol. The third kappa shape index (κ3) is 2.30. The predicted octanol–water partition coefficient (Wildman–Crippen LogP) is 0.343. The number of hydrogen-bond donors (Lipinski definition) is 2. The van der Waals surface area contributed by atoms with Crippen molar-refractivity contribution >= 4 is 12.0 Å². The quantitative estimate of drug-likeness (QED) is 0.727. The Morgan fingerprint density at radius 1 is 1.50 bits per heavy atom. The summed E-state index contributed by atoms with van der Waals surface area (Å²) < 4.78 is 4.48. The van der Waals surface area contributed by atoms with Gasteiger partial charge >= 0.3 is 11.6 Å². The van der Waals surface area contributed by atoms with Crippen LogP contribution in [0.1, 0.15) is 16.1 Å². The molecule has 0 fully saturated rings. The molecule has 0 amide bonds. The van der Waals surface area contributed by atoms with Gasteiger partial charge in [0.05, 0.1) is 12.2 Å². The summed E-state index contributed by atoms with van der Waals surface area (Å²) in [6.45, 7) is -0.194. The zero-order valence-electron chi connectivity index (χ0n) is 7.14. The summed E-state index contributed by atoms with van der Waals surface area (Å²) in [6, 6.07) is 2.50. The molecule has 2 N–H and O–H groups in total. The van der Waals surface area contributed by atoms with Crippen LogP contribution >= 0.6 is 0 Å². The summed E-state index contributed by atoms with van der Waals surface area (Å²) >= 11 is 0. The molecule has 0 radical (unpaired) electrons. The van der Waals surface area contributed by atoms with Gasteiger partial charge in [-0.25, -0.2) is 9.59 Å². The standard InChI is InChI=1S/C9H8O5/c10-5-1-2-6-3-4-7(8(11)12)14-9(6)13/h1-4,10H,5H2,(H,11,12)/b2-1+. The molecule has 1 aromatic rings. The van der Waals surface area contributed by atoms with Gasteiger partial charge in [-0.15, -0.1) is 0 Å². The molecule has 0 unspecified atom stereocenters. The maximum Gasteiger partial charge on any atom is 0.371 e. The molecule has 0 spiro atoms. The summed E-state index contributed by atoms with van der Waals surface area (Å²) in [6.07, 6.45) is 2.71. The van der Waals surface area contributed by atoms with E-state index >= 15 is 0 Å². The fourth-order valence-corrected chi connectivity index (χ4v) is 0.845. The van der Waals surface area contributed by atoms with E-state index in [0.717, 1.165) is 0 Å². The predicted molar refractivity (Wildman–Crippen MR) is 48.1 cm³/mol. The van der Waals surface area contributed by atoms with Crippen molar-refractivity contribution in [3.63, 3.8) is 0 Å². The van der Waals surface area contributed by atoms with Gasteiger partial charge in [0.1, 0.15) is 0 Å². The van der Waals surface area contributed by atoms with Gasteiger partial charge in [0.25, 0.3) is 0 Å². The van der Waals surface area contributed by atoms with Crippen LogP contribution in [0.2, 0.25) is 0 Å². The average Bonchev–Trinajstić information content (AvgIpc) is 2.15. The monoisotopic (exact) mass is 196 g/mol. The number of aromatic carboxylic acids is 1. The lowest BCUT2D eigenvalue weighted by Crippen LogP contribution is -2.07. The Labute approximate surface area is 78.9 Å². The Morgan fingerprint density at radius 2 is 2.21 bits per heavy atom. The van der Waals surface area contributed by atoms with E-state index in [4.69, 9.17) is 10.2 Å². The van der Waals surface area contributed by atoms with Gasteiger partial charge in [-0.05, 0) is 18.2 Å². The van der Waals surface area contributed by atoms with E-state index in [1.807, 2.05) is 0 Å². The fourth-order valence-electron chi connectivity index (χ4n) is 0.845. The van der Waals surface area contributed by atoms with Gasteiger partial charge in [-0.2, -0.15) is 0 Å². The van der Waals surface area contributed by atoms with Crippen LogP contribution in [0.5, 0.6) is 0 Å². The first kappa shape index (κ1) is 10.2. The molecular formula is C9H8O5. The molecule has 14 heavy (non-hydrogen) atoms. The number of aliphatic hydroxyl groups is 1. The van der Waals surface area contributed by atoms with Gasteiger partial charge in [-0.3, -0.25) is 0 Å². The van der Waals surface area contributed by atoms with Crippen molar-refractivity contribution in [2.75, 3.05) is 6.61 Å². The average molecular weight is 196 g/mol. The van der Waals surface area contributed by atoms with E-state index < -0.39 is 17.4 Å². The zero-order valence-corrected chi connectivity index (χ0v) is 7.14. The highest BCUT2D eigenvalue weighted by molar-refractivity contribution is 5.84. The van der Waals surface area contributed by atoms with Crippen LogP contribution in [0.3, 0.4) is 0 Å². The lowest BCUT2D eigenvalue weighted by atomic mass is 10.2. The molecule has 0 aliphatic carbocycles. The second-order valence-electron chi connectivity index (χ2n) is 2.43. The van der Waals surface area contributed by atoms with Gasteiger partial charge in [0.2, 0.25) is 5.76 Å².